The van der Waals surface area contributed by atoms with Crippen LogP contribution in [0, 0.1) is 6.92 Å². The standard InChI is InChI=1S/C18H22N2O3/c1-13-3-5-14(6-4-13)12-23-15-7-8-16(17(11-15)22-2)18(21)20-10-9-19/h3-8,11H,9-10,12,19H2,1-2H3,(H,20,21). The SMILES string of the molecule is COc1cc(OCc2ccc(C)cc2)ccc1C(=O)NCCN. The van der Waals surface area contributed by atoms with E-state index in [0.29, 0.717) is 36.8 Å². The van der Waals surface area contributed by atoms with Crippen molar-refractivity contribution in [1.29, 1.82) is 0 Å². The normalized spacial score (nSPS) is 10.2. The lowest BCUT2D eigenvalue weighted by molar-refractivity contribution is 0.0951. The molecule has 0 saturated carbocycles. The van der Waals surface area contributed by atoms with Crippen molar-refractivity contribution in [3.05, 3.63) is 59.2 Å². The fourth-order valence-electron chi connectivity index (χ4n) is 2.08. The van der Waals surface area contributed by atoms with Gasteiger partial charge in [0.15, 0.2) is 0 Å². The quantitative estimate of drug-likeness (QED) is 0.822. The third kappa shape index (κ3) is 4.72. The van der Waals surface area contributed by atoms with Crippen LogP contribution in [-0.4, -0.2) is 26.1 Å². The summed E-state index contributed by atoms with van der Waals surface area (Å²) in [6, 6.07) is 13.3. The molecule has 3 N–H and O–H groups in total. The largest absolute Gasteiger partial charge is 0.496 e. The smallest absolute Gasteiger partial charge is 0.255 e. The third-order valence-corrected chi connectivity index (χ3v) is 3.37. The maximum absolute atomic E-state index is 12.0. The van der Waals surface area contributed by atoms with Gasteiger partial charge in [-0.15, -0.1) is 0 Å². The molecule has 1 amide bonds. The molecule has 0 saturated heterocycles. The molecule has 0 aliphatic rings. The number of amides is 1. The highest BCUT2D eigenvalue weighted by molar-refractivity contribution is 5.97. The molecule has 2 rings (SSSR count). The van der Waals surface area contributed by atoms with Crippen molar-refractivity contribution >= 4 is 5.91 Å². The third-order valence-electron chi connectivity index (χ3n) is 3.37. The van der Waals surface area contributed by atoms with Crippen LogP contribution < -0.4 is 20.5 Å². The van der Waals surface area contributed by atoms with Crippen LogP contribution in [0.25, 0.3) is 0 Å². The summed E-state index contributed by atoms with van der Waals surface area (Å²) < 4.78 is 11.0. The molecule has 23 heavy (non-hydrogen) atoms. The van der Waals surface area contributed by atoms with E-state index in [1.807, 2.05) is 31.2 Å². The molecule has 0 aromatic heterocycles. The summed E-state index contributed by atoms with van der Waals surface area (Å²) in [4.78, 5) is 12.0. The number of rotatable bonds is 7. The fourth-order valence-corrected chi connectivity index (χ4v) is 2.08. The highest BCUT2D eigenvalue weighted by Gasteiger charge is 2.12. The topological polar surface area (TPSA) is 73.6 Å². The van der Waals surface area contributed by atoms with Crippen LogP contribution in [0.15, 0.2) is 42.5 Å². The van der Waals surface area contributed by atoms with E-state index >= 15 is 0 Å². The van der Waals surface area contributed by atoms with Gasteiger partial charge in [0.05, 0.1) is 12.7 Å². The number of methoxy groups -OCH3 is 1. The van der Waals surface area contributed by atoms with Gasteiger partial charge < -0.3 is 20.5 Å². The Hall–Kier alpha value is -2.53. The van der Waals surface area contributed by atoms with Gasteiger partial charge in [-0.1, -0.05) is 29.8 Å². The second kappa shape index (κ2) is 8.19. The Bertz CT molecular complexity index is 654. The lowest BCUT2D eigenvalue weighted by Crippen LogP contribution is -2.29. The minimum Gasteiger partial charge on any atom is -0.496 e. The van der Waals surface area contributed by atoms with E-state index in [1.54, 1.807) is 18.2 Å². The minimum absolute atomic E-state index is 0.211. The van der Waals surface area contributed by atoms with Gasteiger partial charge >= 0.3 is 0 Å². The van der Waals surface area contributed by atoms with Gasteiger partial charge in [0.25, 0.3) is 5.91 Å². The summed E-state index contributed by atoms with van der Waals surface area (Å²) in [6.45, 7) is 3.32. The summed E-state index contributed by atoms with van der Waals surface area (Å²) in [6.07, 6.45) is 0. The van der Waals surface area contributed by atoms with Crippen molar-refractivity contribution in [2.45, 2.75) is 13.5 Å². The van der Waals surface area contributed by atoms with Crippen LogP contribution in [0.1, 0.15) is 21.5 Å². The maximum atomic E-state index is 12.0. The van der Waals surface area contributed by atoms with E-state index in [-0.39, 0.29) is 5.91 Å². The van der Waals surface area contributed by atoms with E-state index in [2.05, 4.69) is 5.32 Å². The number of ether oxygens (including phenoxy) is 2. The lowest BCUT2D eigenvalue weighted by atomic mass is 10.1. The molecule has 0 aliphatic heterocycles. The Morgan fingerprint density at radius 3 is 2.57 bits per heavy atom. The molecule has 122 valence electrons. The zero-order valence-electron chi connectivity index (χ0n) is 13.5. The number of hydrogen-bond donors (Lipinski definition) is 2. The van der Waals surface area contributed by atoms with Crippen molar-refractivity contribution in [2.24, 2.45) is 5.73 Å². The van der Waals surface area contributed by atoms with Crippen molar-refractivity contribution in [3.63, 3.8) is 0 Å². The summed E-state index contributed by atoms with van der Waals surface area (Å²) in [7, 11) is 1.53. The van der Waals surface area contributed by atoms with E-state index in [0.717, 1.165) is 5.56 Å². The first kappa shape index (κ1) is 16.8. The van der Waals surface area contributed by atoms with Gasteiger partial charge in [0.2, 0.25) is 0 Å². The molecule has 0 aliphatic carbocycles. The summed E-state index contributed by atoms with van der Waals surface area (Å²) in [5.41, 5.74) is 8.14. The average molecular weight is 314 g/mol. The number of aryl methyl sites for hydroxylation is 1. The van der Waals surface area contributed by atoms with Crippen LogP contribution in [-0.2, 0) is 6.61 Å². The van der Waals surface area contributed by atoms with Gasteiger partial charge in [-0.05, 0) is 24.6 Å². The van der Waals surface area contributed by atoms with Crippen molar-refractivity contribution in [3.8, 4) is 11.5 Å². The fraction of sp³-hybridized carbons (Fsp3) is 0.278. The molecular formula is C18H22N2O3. The predicted molar refractivity (Wildman–Crippen MR) is 89.9 cm³/mol. The van der Waals surface area contributed by atoms with Gasteiger partial charge in [-0.3, -0.25) is 4.79 Å². The lowest BCUT2D eigenvalue weighted by Gasteiger charge is -2.12. The Kier molecular flexibility index (Phi) is 6.00. The number of carbonyl (C=O) groups excluding carboxylic acids is 1. The van der Waals surface area contributed by atoms with Crippen molar-refractivity contribution < 1.29 is 14.3 Å². The summed E-state index contributed by atoms with van der Waals surface area (Å²) in [5, 5.41) is 2.72. The molecule has 0 heterocycles. The molecule has 2 aromatic rings. The number of benzene rings is 2. The zero-order valence-corrected chi connectivity index (χ0v) is 13.5. The van der Waals surface area contributed by atoms with Crippen LogP contribution in [0.5, 0.6) is 11.5 Å². The first-order valence-electron chi connectivity index (χ1n) is 7.48. The highest BCUT2D eigenvalue weighted by atomic mass is 16.5. The Labute approximate surface area is 136 Å². The summed E-state index contributed by atoms with van der Waals surface area (Å²) >= 11 is 0. The Balaban J connectivity index is 2.06. The Morgan fingerprint density at radius 2 is 1.91 bits per heavy atom. The van der Waals surface area contributed by atoms with Crippen molar-refractivity contribution in [1.82, 2.24) is 5.32 Å². The molecule has 0 fully saturated rings. The van der Waals surface area contributed by atoms with Gasteiger partial charge in [0, 0.05) is 19.2 Å². The van der Waals surface area contributed by atoms with Gasteiger partial charge in [-0.2, -0.15) is 0 Å². The number of carbonyl (C=O) groups is 1. The zero-order chi connectivity index (χ0) is 16.7. The molecule has 0 unspecified atom stereocenters. The molecule has 0 bridgehead atoms. The number of nitrogens with one attached hydrogen (secondary N) is 1. The van der Waals surface area contributed by atoms with Gasteiger partial charge in [0.1, 0.15) is 18.1 Å². The van der Waals surface area contributed by atoms with Crippen LogP contribution in [0.3, 0.4) is 0 Å². The molecule has 0 spiro atoms. The van der Waals surface area contributed by atoms with Gasteiger partial charge in [-0.25, -0.2) is 0 Å². The van der Waals surface area contributed by atoms with E-state index < -0.39 is 0 Å². The summed E-state index contributed by atoms with van der Waals surface area (Å²) in [5.74, 6) is 0.913. The number of nitrogens with two attached hydrogens (primary N) is 1. The highest BCUT2D eigenvalue weighted by Crippen LogP contribution is 2.25. The Morgan fingerprint density at radius 1 is 1.17 bits per heavy atom. The van der Waals surface area contributed by atoms with Crippen LogP contribution >= 0.6 is 0 Å². The van der Waals surface area contributed by atoms with E-state index in [1.165, 1.54) is 12.7 Å². The maximum Gasteiger partial charge on any atom is 0.255 e. The molecule has 0 atom stereocenters. The van der Waals surface area contributed by atoms with E-state index in [4.69, 9.17) is 15.2 Å². The molecule has 2 aromatic carbocycles. The average Bonchev–Trinajstić information content (AvgIpc) is 2.58. The molecular weight excluding hydrogens is 292 g/mol. The first-order valence-corrected chi connectivity index (χ1v) is 7.48. The minimum atomic E-state index is -0.211. The molecule has 5 nitrogen and oxygen atoms in total. The molecule has 0 radical (unpaired) electrons. The van der Waals surface area contributed by atoms with Crippen LogP contribution in [0.4, 0.5) is 0 Å². The monoisotopic (exact) mass is 314 g/mol. The second-order valence-electron chi connectivity index (χ2n) is 5.18. The van der Waals surface area contributed by atoms with E-state index in [9.17, 15) is 4.79 Å². The predicted octanol–water partition coefficient (Wildman–Crippen LogP) is 2.27. The second-order valence-corrected chi connectivity index (χ2v) is 5.18. The number of hydrogen-bond acceptors (Lipinski definition) is 4. The first-order chi connectivity index (χ1) is 11.1. The van der Waals surface area contributed by atoms with Crippen molar-refractivity contribution in [2.75, 3.05) is 20.2 Å². The van der Waals surface area contributed by atoms with Crippen LogP contribution in [0.2, 0.25) is 0 Å². The molecule has 5 heteroatoms.